The summed E-state index contributed by atoms with van der Waals surface area (Å²) in [7, 11) is 0. The van der Waals surface area contributed by atoms with Gasteiger partial charge in [0.15, 0.2) is 0 Å². The maximum absolute atomic E-state index is 13.4. The molecule has 0 saturated carbocycles. The Hall–Kier alpha value is -2.10. The maximum Gasteiger partial charge on any atom is 0.132 e. The van der Waals surface area contributed by atoms with E-state index in [-0.39, 0.29) is 6.61 Å². The summed E-state index contributed by atoms with van der Waals surface area (Å²) in [5, 5.41) is 0. The Morgan fingerprint density at radius 3 is 2.61 bits per heavy atom. The average Bonchev–Trinajstić information content (AvgIpc) is 2.32. The van der Waals surface area contributed by atoms with Crippen LogP contribution in [-0.2, 0) is 6.61 Å². The van der Waals surface area contributed by atoms with Crippen molar-refractivity contribution in [1.29, 1.82) is 0 Å². The van der Waals surface area contributed by atoms with E-state index in [9.17, 15) is 8.78 Å². The average molecular weight is 249 g/mol. The summed E-state index contributed by atoms with van der Waals surface area (Å²) < 4.78 is 31.6. The predicted molar refractivity (Wildman–Crippen MR) is 66.3 cm³/mol. The Bertz CT molecular complexity index is 570. The molecule has 2 rings (SSSR count). The number of hydrogen-bond donors (Lipinski definition) is 1. The molecule has 2 aromatic carbocycles. The van der Waals surface area contributed by atoms with Gasteiger partial charge in [0, 0.05) is 23.4 Å². The third-order valence-corrected chi connectivity index (χ3v) is 2.61. The van der Waals surface area contributed by atoms with Crippen molar-refractivity contribution in [2.45, 2.75) is 13.5 Å². The molecule has 0 atom stereocenters. The molecule has 0 aromatic heterocycles. The molecule has 0 unspecified atom stereocenters. The number of aryl methyl sites for hydroxylation is 1. The summed E-state index contributed by atoms with van der Waals surface area (Å²) in [5.41, 5.74) is 7.43. The second-order valence-electron chi connectivity index (χ2n) is 4.05. The molecule has 2 aromatic rings. The predicted octanol–water partition coefficient (Wildman–Crippen LogP) is 3.43. The van der Waals surface area contributed by atoms with E-state index in [1.54, 1.807) is 12.1 Å². The van der Waals surface area contributed by atoms with Gasteiger partial charge < -0.3 is 10.5 Å². The highest BCUT2D eigenvalue weighted by Gasteiger charge is 2.06. The molecular formula is C14H13F2NO. The zero-order valence-corrected chi connectivity index (χ0v) is 9.91. The topological polar surface area (TPSA) is 35.2 Å². The molecule has 0 saturated heterocycles. The molecule has 18 heavy (non-hydrogen) atoms. The Labute approximate surface area is 104 Å². The van der Waals surface area contributed by atoms with Crippen molar-refractivity contribution in [3.05, 3.63) is 59.2 Å². The second-order valence-corrected chi connectivity index (χ2v) is 4.05. The minimum Gasteiger partial charge on any atom is -0.488 e. The van der Waals surface area contributed by atoms with Crippen LogP contribution in [0.15, 0.2) is 36.4 Å². The van der Waals surface area contributed by atoms with Gasteiger partial charge in [0.1, 0.15) is 24.0 Å². The molecule has 0 spiro atoms. The van der Waals surface area contributed by atoms with Crippen LogP contribution in [0.2, 0.25) is 0 Å². The first-order valence-corrected chi connectivity index (χ1v) is 5.49. The molecular weight excluding hydrogens is 236 g/mol. The van der Waals surface area contributed by atoms with E-state index >= 15 is 0 Å². The van der Waals surface area contributed by atoms with Crippen molar-refractivity contribution in [1.82, 2.24) is 0 Å². The number of hydrogen-bond acceptors (Lipinski definition) is 2. The largest absolute Gasteiger partial charge is 0.488 e. The highest BCUT2D eigenvalue weighted by molar-refractivity contribution is 5.48. The van der Waals surface area contributed by atoms with Crippen LogP contribution >= 0.6 is 0 Å². The lowest BCUT2D eigenvalue weighted by Gasteiger charge is -2.10. The van der Waals surface area contributed by atoms with Crippen LogP contribution < -0.4 is 10.5 Å². The van der Waals surface area contributed by atoms with Crippen molar-refractivity contribution >= 4 is 5.69 Å². The number of ether oxygens (including phenoxy) is 1. The number of nitrogen functional groups attached to an aromatic ring is 1. The highest BCUT2D eigenvalue weighted by Crippen LogP contribution is 2.22. The van der Waals surface area contributed by atoms with Gasteiger partial charge in [-0.25, -0.2) is 8.78 Å². The number of rotatable bonds is 3. The van der Waals surface area contributed by atoms with Gasteiger partial charge in [-0.2, -0.15) is 0 Å². The highest BCUT2D eigenvalue weighted by atomic mass is 19.1. The Morgan fingerprint density at radius 1 is 1.11 bits per heavy atom. The van der Waals surface area contributed by atoms with Gasteiger partial charge in [-0.05, 0) is 30.7 Å². The smallest absolute Gasteiger partial charge is 0.132 e. The first-order chi connectivity index (χ1) is 8.56. The van der Waals surface area contributed by atoms with Gasteiger partial charge in [0.25, 0.3) is 0 Å². The molecule has 0 aliphatic rings. The first kappa shape index (κ1) is 12.4. The minimum atomic E-state index is -0.614. The van der Waals surface area contributed by atoms with Crippen LogP contribution in [0.1, 0.15) is 11.1 Å². The third-order valence-electron chi connectivity index (χ3n) is 2.61. The van der Waals surface area contributed by atoms with E-state index in [0.29, 0.717) is 17.0 Å². The van der Waals surface area contributed by atoms with Crippen LogP contribution in [-0.4, -0.2) is 0 Å². The van der Waals surface area contributed by atoms with E-state index in [4.69, 9.17) is 10.5 Å². The Kier molecular flexibility index (Phi) is 3.46. The summed E-state index contributed by atoms with van der Waals surface area (Å²) in [6.07, 6.45) is 0. The summed E-state index contributed by atoms with van der Waals surface area (Å²) in [5.74, 6) is -0.619. The molecule has 0 fully saturated rings. The monoisotopic (exact) mass is 249 g/mol. The standard InChI is InChI=1S/C14H13F2NO/c1-9-2-5-12(17)7-14(9)18-8-10-3-4-11(15)6-13(10)16/h2-7H,8,17H2,1H3. The lowest BCUT2D eigenvalue weighted by atomic mass is 10.2. The van der Waals surface area contributed by atoms with Gasteiger partial charge in [-0.1, -0.05) is 6.07 Å². The molecule has 0 aliphatic heterocycles. The minimum absolute atomic E-state index is 0.0381. The van der Waals surface area contributed by atoms with Crippen LogP contribution in [0.3, 0.4) is 0 Å². The third kappa shape index (κ3) is 2.77. The molecule has 4 heteroatoms. The van der Waals surface area contributed by atoms with Crippen molar-refractivity contribution in [3.63, 3.8) is 0 Å². The van der Waals surface area contributed by atoms with Gasteiger partial charge in [0.05, 0.1) is 0 Å². The van der Waals surface area contributed by atoms with Crippen LogP contribution in [0.5, 0.6) is 5.75 Å². The fourth-order valence-electron chi connectivity index (χ4n) is 1.57. The zero-order valence-electron chi connectivity index (χ0n) is 9.91. The summed E-state index contributed by atoms with van der Waals surface area (Å²) >= 11 is 0. The lowest BCUT2D eigenvalue weighted by Crippen LogP contribution is -2.00. The van der Waals surface area contributed by atoms with Crippen LogP contribution in [0.4, 0.5) is 14.5 Å². The Morgan fingerprint density at radius 2 is 1.89 bits per heavy atom. The molecule has 2 N–H and O–H groups in total. The summed E-state index contributed by atoms with van der Waals surface area (Å²) in [6.45, 7) is 1.91. The fraction of sp³-hybridized carbons (Fsp3) is 0.143. The van der Waals surface area contributed by atoms with Crippen molar-refractivity contribution in [2.24, 2.45) is 0 Å². The molecule has 2 nitrogen and oxygen atoms in total. The van der Waals surface area contributed by atoms with E-state index in [1.165, 1.54) is 12.1 Å². The molecule has 0 amide bonds. The van der Waals surface area contributed by atoms with E-state index in [0.717, 1.165) is 11.6 Å². The quantitative estimate of drug-likeness (QED) is 0.846. The van der Waals surface area contributed by atoms with Gasteiger partial charge in [0.2, 0.25) is 0 Å². The van der Waals surface area contributed by atoms with Gasteiger partial charge in [-0.3, -0.25) is 0 Å². The fourth-order valence-corrected chi connectivity index (χ4v) is 1.57. The normalized spacial score (nSPS) is 10.4. The number of benzene rings is 2. The zero-order chi connectivity index (χ0) is 13.1. The lowest BCUT2D eigenvalue weighted by molar-refractivity contribution is 0.297. The van der Waals surface area contributed by atoms with Gasteiger partial charge in [-0.15, -0.1) is 0 Å². The van der Waals surface area contributed by atoms with Gasteiger partial charge >= 0.3 is 0 Å². The van der Waals surface area contributed by atoms with E-state index in [1.807, 2.05) is 13.0 Å². The Balaban J connectivity index is 2.13. The van der Waals surface area contributed by atoms with E-state index < -0.39 is 11.6 Å². The first-order valence-electron chi connectivity index (χ1n) is 5.49. The van der Waals surface area contributed by atoms with Crippen LogP contribution in [0.25, 0.3) is 0 Å². The van der Waals surface area contributed by atoms with Crippen LogP contribution in [0, 0.1) is 18.6 Å². The van der Waals surface area contributed by atoms with Crippen molar-refractivity contribution < 1.29 is 13.5 Å². The summed E-state index contributed by atoms with van der Waals surface area (Å²) in [6, 6.07) is 8.67. The molecule has 0 radical (unpaired) electrons. The molecule has 0 bridgehead atoms. The molecule has 0 heterocycles. The second kappa shape index (κ2) is 5.04. The van der Waals surface area contributed by atoms with Crippen molar-refractivity contribution in [3.8, 4) is 5.75 Å². The maximum atomic E-state index is 13.4. The van der Waals surface area contributed by atoms with Crippen molar-refractivity contribution in [2.75, 3.05) is 5.73 Å². The SMILES string of the molecule is Cc1ccc(N)cc1OCc1ccc(F)cc1F. The molecule has 94 valence electrons. The number of anilines is 1. The molecule has 0 aliphatic carbocycles. The summed E-state index contributed by atoms with van der Waals surface area (Å²) in [4.78, 5) is 0. The number of nitrogens with two attached hydrogens (primary N) is 1. The van der Waals surface area contributed by atoms with E-state index in [2.05, 4.69) is 0 Å². The number of halogens is 2.